The van der Waals surface area contributed by atoms with Gasteiger partial charge in [-0.2, -0.15) is 0 Å². The van der Waals surface area contributed by atoms with Crippen LogP contribution in [0, 0.1) is 11.8 Å². The molecule has 1 saturated heterocycles. The molecule has 0 spiro atoms. The normalized spacial score (nSPS) is 20.4. The number of nitrogens with one attached hydrogen (secondary N) is 1. The van der Waals surface area contributed by atoms with Gasteiger partial charge in [-0.25, -0.2) is 0 Å². The second-order valence-electron chi connectivity index (χ2n) is 6.63. The molecule has 5 heteroatoms. The van der Waals surface area contributed by atoms with E-state index in [-0.39, 0.29) is 11.9 Å². The van der Waals surface area contributed by atoms with Crippen molar-refractivity contribution in [3.63, 3.8) is 0 Å². The molecule has 1 N–H and O–H groups in total. The molecule has 0 bridgehead atoms. The Balaban J connectivity index is 1.67. The predicted octanol–water partition coefficient (Wildman–Crippen LogP) is 2.96. The Morgan fingerprint density at radius 1 is 1.36 bits per heavy atom. The number of piperidine rings is 1. The monoisotopic (exact) mass is 342 g/mol. The minimum absolute atomic E-state index is 0.0203. The number of carbonyl (C=O) groups is 1. The summed E-state index contributed by atoms with van der Waals surface area (Å²) in [7, 11) is 3.14. The number of nitrogens with zero attached hydrogens (tertiary/aromatic N) is 1. The number of pyridine rings is 1. The van der Waals surface area contributed by atoms with Crippen LogP contribution in [0.2, 0.25) is 0 Å². The molecule has 2 aromatic rings. The summed E-state index contributed by atoms with van der Waals surface area (Å²) >= 11 is 0. The number of methoxy groups -OCH3 is 2. The Morgan fingerprint density at radius 2 is 2.24 bits per heavy atom. The second kappa shape index (κ2) is 8.30. The van der Waals surface area contributed by atoms with Crippen molar-refractivity contribution in [1.82, 2.24) is 10.3 Å². The third-order valence-corrected chi connectivity index (χ3v) is 5.18. The molecule has 2 atom stereocenters. The van der Waals surface area contributed by atoms with Gasteiger partial charge in [0.2, 0.25) is 0 Å². The van der Waals surface area contributed by atoms with E-state index in [9.17, 15) is 4.79 Å². The van der Waals surface area contributed by atoms with Crippen LogP contribution in [-0.4, -0.2) is 38.3 Å². The first kappa shape index (κ1) is 17.7. The summed E-state index contributed by atoms with van der Waals surface area (Å²) in [6.45, 7) is 1.71. The fourth-order valence-corrected chi connectivity index (χ4v) is 3.76. The number of aryl methyl sites for hydroxylation is 1. The van der Waals surface area contributed by atoms with E-state index in [2.05, 4.69) is 28.5 Å². The van der Waals surface area contributed by atoms with Crippen LogP contribution in [0.4, 0.5) is 0 Å². The molecular weight excluding hydrogens is 316 g/mol. The van der Waals surface area contributed by atoms with Gasteiger partial charge in [-0.3, -0.25) is 9.78 Å². The molecule has 2 heterocycles. The first-order chi connectivity index (χ1) is 12.2. The van der Waals surface area contributed by atoms with E-state index in [0.29, 0.717) is 5.92 Å². The molecule has 1 aromatic heterocycles. The van der Waals surface area contributed by atoms with Gasteiger partial charge in [0, 0.05) is 11.9 Å². The van der Waals surface area contributed by atoms with E-state index in [1.54, 1.807) is 13.3 Å². The molecule has 0 radical (unpaired) electrons. The minimum Gasteiger partial charge on any atom is -0.495 e. The quantitative estimate of drug-likeness (QED) is 0.818. The van der Waals surface area contributed by atoms with Gasteiger partial charge in [0.1, 0.15) is 5.75 Å². The standard InChI is InChI=1S/C20H26N2O3/c1-24-16-11-17-14(7-4-8-19(17)22-12-16)5-3-6-15-9-10-21-13-18(15)20(23)25-2/h4,7-8,11-12,15,18,21H,3,5-6,9-10,13H2,1-2H3/t15-,18+/m1/s1. The Bertz CT molecular complexity index is 732. The van der Waals surface area contributed by atoms with E-state index in [0.717, 1.165) is 55.4 Å². The SMILES string of the molecule is COC(=O)[C@H]1CNCC[C@H]1CCCc1cccc2ncc(OC)cc12. The summed E-state index contributed by atoms with van der Waals surface area (Å²) in [6, 6.07) is 8.29. The van der Waals surface area contributed by atoms with E-state index in [4.69, 9.17) is 9.47 Å². The number of hydrogen-bond donors (Lipinski definition) is 1. The number of rotatable bonds is 6. The van der Waals surface area contributed by atoms with Gasteiger partial charge in [0.05, 0.1) is 31.9 Å². The molecule has 0 aliphatic carbocycles. The molecule has 1 aliphatic heterocycles. The molecule has 25 heavy (non-hydrogen) atoms. The maximum absolute atomic E-state index is 12.0. The van der Waals surface area contributed by atoms with Gasteiger partial charge in [-0.15, -0.1) is 0 Å². The predicted molar refractivity (Wildman–Crippen MR) is 97.7 cm³/mol. The van der Waals surface area contributed by atoms with Crippen LogP contribution in [0.3, 0.4) is 0 Å². The average Bonchev–Trinajstić information content (AvgIpc) is 2.67. The lowest BCUT2D eigenvalue weighted by atomic mass is 9.82. The lowest BCUT2D eigenvalue weighted by Crippen LogP contribution is -2.41. The van der Waals surface area contributed by atoms with Crippen molar-refractivity contribution in [2.75, 3.05) is 27.3 Å². The lowest BCUT2D eigenvalue weighted by Gasteiger charge is -2.30. The topological polar surface area (TPSA) is 60.5 Å². The van der Waals surface area contributed by atoms with Crippen LogP contribution < -0.4 is 10.1 Å². The van der Waals surface area contributed by atoms with Crippen LogP contribution in [0.5, 0.6) is 5.75 Å². The van der Waals surface area contributed by atoms with Gasteiger partial charge in [0.25, 0.3) is 0 Å². The summed E-state index contributed by atoms with van der Waals surface area (Å²) in [5, 5.41) is 4.45. The third kappa shape index (κ3) is 4.10. The maximum Gasteiger partial charge on any atom is 0.310 e. The van der Waals surface area contributed by atoms with Crippen LogP contribution >= 0.6 is 0 Å². The van der Waals surface area contributed by atoms with E-state index in [1.807, 2.05) is 6.07 Å². The Labute approximate surface area is 148 Å². The highest BCUT2D eigenvalue weighted by Gasteiger charge is 2.31. The number of carbonyl (C=O) groups excluding carboxylic acids is 1. The number of fused-ring (bicyclic) bond motifs is 1. The van der Waals surface area contributed by atoms with E-state index >= 15 is 0 Å². The smallest absolute Gasteiger partial charge is 0.310 e. The molecule has 1 aliphatic rings. The highest BCUT2D eigenvalue weighted by molar-refractivity contribution is 5.83. The number of ether oxygens (including phenoxy) is 2. The van der Waals surface area contributed by atoms with E-state index in [1.165, 1.54) is 12.7 Å². The van der Waals surface area contributed by atoms with Gasteiger partial charge in [-0.05, 0) is 55.8 Å². The van der Waals surface area contributed by atoms with Crippen LogP contribution in [0.15, 0.2) is 30.5 Å². The Kier molecular flexibility index (Phi) is 5.87. The van der Waals surface area contributed by atoms with Gasteiger partial charge in [0.15, 0.2) is 0 Å². The van der Waals surface area contributed by atoms with Crippen molar-refractivity contribution in [3.05, 3.63) is 36.0 Å². The van der Waals surface area contributed by atoms with Gasteiger partial charge >= 0.3 is 5.97 Å². The molecule has 0 amide bonds. The summed E-state index contributed by atoms with van der Waals surface area (Å²) in [5.74, 6) is 1.07. The summed E-state index contributed by atoms with van der Waals surface area (Å²) < 4.78 is 10.3. The van der Waals surface area contributed by atoms with Crippen molar-refractivity contribution in [2.45, 2.75) is 25.7 Å². The molecule has 0 saturated carbocycles. The number of aromatic nitrogens is 1. The zero-order valence-electron chi connectivity index (χ0n) is 15.0. The zero-order chi connectivity index (χ0) is 17.6. The molecule has 3 rings (SSSR count). The van der Waals surface area contributed by atoms with Crippen molar-refractivity contribution in [1.29, 1.82) is 0 Å². The number of hydrogen-bond acceptors (Lipinski definition) is 5. The highest BCUT2D eigenvalue weighted by Crippen LogP contribution is 2.28. The lowest BCUT2D eigenvalue weighted by molar-refractivity contribution is -0.148. The molecule has 1 fully saturated rings. The average molecular weight is 342 g/mol. The maximum atomic E-state index is 12.0. The fourth-order valence-electron chi connectivity index (χ4n) is 3.76. The Hall–Kier alpha value is -2.14. The second-order valence-corrected chi connectivity index (χ2v) is 6.63. The summed E-state index contributed by atoms with van der Waals surface area (Å²) in [4.78, 5) is 16.4. The van der Waals surface area contributed by atoms with Crippen LogP contribution in [0.1, 0.15) is 24.8 Å². The molecule has 134 valence electrons. The fraction of sp³-hybridized carbons (Fsp3) is 0.500. The molecule has 1 aromatic carbocycles. The third-order valence-electron chi connectivity index (χ3n) is 5.18. The Morgan fingerprint density at radius 3 is 3.04 bits per heavy atom. The van der Waals surface area contributed by atoms with Crippen molar-refractivity contribution in [3.8, 4) is 5.75 Å². The van der Waals surface area contributed by atoms with Crippen molar-refractivity contribution >= 4 is 16.9 Å². The number of benzene rings is 1. The highest BCUT2D eigenvalue weighted by atomic mass is 16.5. The first-order valence-corrected chi connectivity index (χ1v) is 8.93. The van der Waals surface area contributed by atoms with Gasteiger partial charge < -0.3 is 14.8 Å². The minimum atomic E-state index is -0.0868. The van der Waals surface area contributed by atoms with Gasteiger partial charge in [-0.1, -0.05) is 12.1 Å². The number of esters is 1. The van der Waals surface area contributed by atoms with Crippen LogP contribution in [0.25, 0.3) is 10.9 Å². The van der Waals surface area contributed by atoms with E-state index < -0.39 is 0 Å². The summed E-state index contributed by atoms with van der Waals surface area (Å²) in [5.41, 5.74) is 2.28. The largest absolute Gasteiger partial charge is 0.495 e. The first-order valence-electron chi connectivity index (χ1n) is 8.93. The van der Waals surface area contributed by atoms with Crippen molar-refractivity contribution in [2.24, 2.45) is 11.8 Å². The van der Waals surface area contributed by atoms with Crippen LogP contribution in [-0.2, 0) is 16.0 Å². The summed E-state index contributed by atoms with van der Waals surface area (Å²) in [6.07, 6.45) is 5.85. The molecular formula is C20H26N2O3. The molecule has 0 unspecified atom stereocenters. The van der Waals surface area contributed by atoms with Crippen molar-refractivity contribution < 1.29 is 14.3 Å². The zero-order valence-corrected chi connectivity index (χ0v) is 15.0. The molecule has 5 nitrogen and oxygen atoms in total.